The molecule has 0 spiro atoms. The largest absolute Gasteiger partial charge is 0.480 e. The Bertz CT molecular complexity index is 189. The van der Waals surface area contributed by atoms with Crippen molar-refractivity contribution in [1.29, 1.82) is 0 Å². The number of hydrogen-bond donors (Lipinski definition) is 4. The SMILES string of the molecule is CC(N)(C(=O)O)C(N)C(=O)O. The van der Waals surface area contributed by atoms with E-state index in [1.54, 1.807) is 0 Å². The molecule has 0 saturated heterocycles. The third kappa shape index (κ3) is 1.89. The smallest absolute Gasteiger partial charge is 0.325 e. The number of hydrogen-bond acceptors (Lipinski definition) is 4. The van der Waals surface area contributed by atoms with Crippen LogP contribution in [-0.2, 0) is 9.59 Å². The summed E-state index contributed by atoms with van der Waals surface area (Å²) in [5, 5.41) is 16.7. The second-order valence-electron chi connectivity index (χ2n) is 2.40. The first-order chi connectivity index (χ1) is 4.80. The first-order valence-corrected chi connectivity index (χ1v) is 2.80. The van der Waals surface area contributed by atoms with Gasteiger partial charge >= 0.3 is 11.9 Å². The molecule has 0 aliphatic carbocycles. The van der Waals surface area contributed by atoms with Crippen LogP contribution in [0.2, 0.25) is 0 Å². The summed E-state index contributed by atoms with van der Waals surface area (Å²) in [6.07, 6.45) is 0. The lowest BCUT2D eigenvalue weighted by atomic mass is 9.95. The zero-order valence-corrected chi connectivity index (χ0v) is 5.94. The summed E-state index contributed by atoms with van der Waals surface area (Å²) in [5.74, 6) is -2.87. The summed E-state index contributed by atoms with van der Waals surface area (Å²) >= 11 is 0. The summed E-state index contributed by atoms with van der Waals surface area (Å²) < 4.78 is 0. The highest BCUT2D eigenvalue weighted by Gasteiger charge is 2.39. The number of rotatable bonds is 3. The molecule has 11 heavy (non-hydrogen) atoms. The van der Waals surface area contributed by atoms with Crippen LogP contribution < -0.4 is 11.5 Å². The van der Waals surface area contributed by atoms with E-state index in [1.165, 1.54) is 0 Å². The second kappa shape index (κ2) is 2.85. The minimum Gasteiger partial charge on any atom is -0.480 e. The van der Waals surface area contributed by atoms with Crippen molar-refractivity contribution in [3.05, 3.63) is 0 Å². The molecule has 0 radical (unpaired) electrons. The van der Waals surface area contributed by atoms with Crippen LogP contribution in [0, 0.1) is 0 Å². The highest BCUT2D eigenvalue weighted by Crippen LogP contribution is 2.03. The lowest BCUT2D eigenvalue weighted by Crippen LogP contribution is -2.61. The fraction of sp³-hybridized carbons (Fsp3) is 0.600. The molecule has 0 aliphatic rings. The zero-order valence-electron chi connectivity index (χ0n) is 5.94. The quantitative estimate of drug-likeness (QED) is 0.387. The fourth-order valence-corrected chi connectivity index (χ4v) is 0.390. The average Bonchev–Trinajstić information content (AvgIpc) is 1.85. The Labute approximate surface area is 62.8 Å². The van der Waals surface area contributed by atoms with Crippen LogP contribution in [0.3, 0.4) is 0 Å². The van der Waals surface area contributed by atoms with E-state index in [0.717, 1.165) is 6.92 Å². The maximum absolute atomic E-state index is 10.3. The Morgan fingerprint density at radius 3 is 1.91 bits per heavy atom. The lowest BCUT2D eigenvalue weighted by molar-refractivity contribution is -0.150. The van der Waals surface area contributed by atoms with Crippen molar-refractivity contribution in [3.63, 3.8) is 0 Å². The van der Waals surface area contributed by atoms with E-state index in [9.17, 15) is 9.59 Å². The monoisotopic (exact) mass is 162 g/mol. The summed E-state index contributed by atoms with van der Waals surface area (Å²) in [6.45, 7) is 1.05. The van der Waals surface area contributed by atoms with Gasteiger partial charge in [-0.1, -0.05) is 0 Å². The Morgan fingerprint density at radius 1 is 1.45 bits per heavy atom. The molecular weight excluding hydrogens is 152 g/mol. The Kier molecular flexibility index (Phi) is 2.55. The van der Waals surface area contributed by atoms with Gasteiger partial charge in [-0.2, -0.15) is 0 Å². The Hall–Kier alpha value is -1.14. The molecule has 0 amide bonds. The van der Waals surface area contributed by atoms with Crippen LogP contribution in [0.15, 0.2) is 0 Å². The van der Waals surface area contributed by atoms with Crippen LogP contribution in [0.5, 0.6) is 0 Å². The van der Waals surface area contributed by atoms with E-state index in [-0.39, 0.29) is 0 Å². The maximum atomic E-state index is 10.3. The molecule has 0 bridgehead atoms. The second-order valence-corrected chi connectivity index (χ2v) is 2.40. The number of carboxylic acids is 2. The zero-order chi connectivity index (χ0) is 9.23. The molecule has 0 fully saturated rings. The van der Waals surface area contributed by atoms with Gasteiger partial charge < -0.3 is 21.7 Å². The number of carboxylic acid groups (broad SMARTS) is 2. The average molecular weight is 162 g/mol. The van der Waals surface area contributed by atoms with Gasteiger partial charge in [0.15, 0.2) is 0 Å². The molecule has 0 aromatic carbocycles. The normalized spacial score (nSPS) is 18.5. The van der Waals surface area contributed by atoms with Gasteiger partial charge in [-0.15, -0.1) is 0 Å². The van der Waals surface area contributed by atoms with Crippen LogP contribution >= 0.6 is 0 Å². The number of carbonyl (C=O) groups is 2. The van der Waals surface area contributed by atoms with E-state index >= 15 is 0 Å². The standard InChI is InChI=1S/C5H10N2O4/c1-5(7,4(10)11)2(6)3(8)9/h2H,6-7H2,1H3,(H,8,9)(H,10,11). The molecule has 6 nitrogen and oxygen atoms in total. The van der Waals surface area contributed by atoms with Crippen LogP contribution in [0.4, 0.5) is 0 Å². The van der Waals surface area contributed by atoms with Crippen molar-refractivity contribution in [2.45, 2.75) is 18.5 Å². The molecule has 0 saturated carbocycles. The maximum Gasteiger partial charge on any atom is 0.325 e. The molecule has 0 aromatic heterocycles. The number of aliphatic carboxylic acids is 2. The Balaban J connectivity index is 4.55. The Morgan fingerprint density at radius 2 is 1.82 bits per heavy atom. The lowest BCUT2D eigenvalue weighted by Gasteiger charge is -2.22. The molecule has 0 aromatic rings. The highest BCUT2D eigenvalue weighted by molar-refractivity contribution is 5.88. The minimum atomic E-state index is -1.92. The van der Waals surface area contributed by atoms with Crippen molar-refractivity contribution in [3.8, 4) is 0 Å². The van der Waals surface area contributed by atoms with Gasteiger partial charge in [0.25, 0.3) is 0 Å². The predicted octanol–water partition coefficient (Wildman–Crippen LogP) is -1.80. The van der Waals surface area contributed by atoms with Crippen molar-refractivity contribution < 1.29 is 19.8 Å². The van der Waals surface area contributed by atoms with Gasteiger partial charge in [-0.05, 0) is 6.92 Å². The van der Waals surface area contributed by atoms with E-state index < -0.39 is 23.5 Å². The third-order valence-electron chi connectivity index (χ3n) is 1.37. The molecule has 0 aliphatic heterocycles. The fourth-order valence-electron chi connectivity index (χ4n) is 0.390. The molecular formula is C5H10N2O4. The third-order valence-corrected chi connectivity index (χ3v) is 1.37. The van der Waals surface area contributed by atoms with Gasteiger partial charge in [0.2, 0.25) is 0 Å². The molecule has 0 heterocycles. The van der Waals surface area contributed by atoms with E-state index in [4.69, 9.17) is 21.7 Å². The molecule has 6 heteroatoms. The van der Waals surface area contributed by atoms with E-state index in [0.29, 0.717) is 0 Å². The topological polar surface area (TPSA) is 127 Å². The van der Waals surface area contributed by atoms with Crippen molar-refractivity contribution in [2.75, 3.05) is 0 Å². The van der Waals surface area contributed by atoms with E-state index in [2.05, 4.69) is 0 Å². The molecule has 0 rings (SSSR count). The van der Waals surface area contributed by atoms with Gasteiger partial charge in [0, 0.05) is 0 Å². The van der Waals surface area contributed by atoms with Gasteiger partial charge in [0.05, 0.1) is 0 Å². The minimum absolute atomic E-state index is 1.05. The first kappa shape index (κ1) is 9.86. The first-order valence-electron chi connectivity index (χ1n) is 2.80. The van der Waals surface area contributed by atoms with Crippen LogP contribution in [0.25, 0.3) is 0 Å². The van der Waals surface area contributed by atoms with Crippen LogP contribution in [-0.4, -0.2) is 33.7 Å². The number of nitrogens with two attached hydrogens (primary N) is 2. The molecule has 6 N–H and O–H groups in total. The van der Waals surface area contributed by atoms with Gasteiger partial charge in [-0.25, -0.2) is 0 Å². The summed E-state index contributed by atoms with van der Waals surface area (Å²) in [5.41, 5.74) is 8.16. The van der Waals surface area contributed by atoms with Gasteiger partial charge in [-0.3, -0.25) is 9.59 Å². The van der Waals surface area contributed by atoms with E-state index in [1.807, 2.05) is 0 Å². The molecule has 2 atom stereocenters. The highest BCUT2D eigenvalue weighted by atomic mass is 16.4. The molecule has 2 unspecified atom stereocenters. The van der Waals surface area contributed by atoms with Crippen molar-refractivity contribution in [2.24, 2.45) is 11.5 Å². The van der Waals surface area contributed by atoms with Crippen molar-refractivity contribution in [1.82, 2.24) is 0 Å². The summed E-state index contributed by atoms with van der Waals surface area (Å²) in [7, 11) is 0. The summed E-state index contributed by atoms with van der Waals surface area (Å²) in [4.78, 5) is 20.5. The van der Waals surface area contributed by atoms with Crippen molar-refractivity contribution >= 4 is 11.9 Å². The molecule has 64 valence electrons. The predicted molar refractivity (Wildman–Crippen MR) is 35.8 cm³/mol. The van der Waals surface area contributed by atoms with Gasteiger partial charge in [0.1, 0.15) is 11.6 Å². The van der Waals surface area contributed by atoms with Crippen LogP contribution in [0.1, 0.15) is 6.92 Å². The summed E-state index contributed by atoms with van der Waals surface area (Å²) in [6, 6.07) is -1.60.